The van der Waals surface area contributed by atoms with Crippen molar-refractivity contribution in [2.24, 2.45) is 5.73 Å². The van der Waals surface area contributed by atoms with Crippen LogP contribution in [0.3, 0.4) is 0 Å². The summed E-state index contributed by atoms with van der Waals surface area (Å²) in [5.41, 5.74) is 20.3. The number of hydrogen-bond donors (Lipinski definition) is 3. The van der Waals surface area contributed by atoms with Crippen LogP contribution in [-0.2, 0) is 0 Å². The van der Waals surface area contributed by atoms with Gasteiger partial charge in [0.15, 0.2) is 0 Å². The zero-order valence-electron chi connectivity index (χ0n) is 9.53. The highest BCUT2D eigenvalue weighted by Gasteiger charge is 2.11. The maximum Gasteiger partial charge on any atom is 0.0638 e. The van der Waals surface area contributed by atoms with Crippen LogP contribution in [0, 0.1) is 0 Å². The molecule has 5 heteroatoms. The molecule has 2 aromatic carbocycles. The summed E-state index contributed by atoms with van der Waals surface area (Å²) >= 11 is 12.0. The quantitative estimate of drug-likeness (QED) is 0.740. The smallest absolute Gasteiger partial charge is 0.0638 e. The number of rotatable bonds is 2. The molecule has 0 spiro atoms. The highest BCUT2D eigenvalue weighted by Crippen LogP contribution is 2.29. The van der Waals surface area contributed by atoms with Gasteiger partial charge in [0.25, 0.3) is 0 Å². The van der Waals surface area contributed by atoms with Crippen molar-refractivity contribution in [2.45, 2.75) is 6.04 Å². The second-order valence-electron chi connectivity index (χ2n) is 4.04. The molecule has 6 N–H and O–H groups in total. The highest BCUT2D eigenvalue weighted by molar-refractivity contribution is 6.33. The Bertz CT molecular complexity index is 533. The van der Waals surface area contributed by atoms with Crippen LogP contribution in [0.5, 0.6) is 0 Å². The molecular weight excluding hydrogens is 269 g/mol. The number of nitrogen functional groups attached to an aromatic ring is 2. The first-order valence-corrected chi connectivity index (χ1v) is 6.10. The van der Waals surface area contributed by atoms with Gasteiger partial charge in [-0.2, -0.15) is 0 Å². The summed E-state index contributed by atoms with van der Waals surface area (Å²) in [6, 6.07) is 10.3. The Morgan fingerprint density at radius 3 is 1.50 bits per heavy atom. The zero-order valence-corrected chi connectivity index (χ0v) is 11.0. The first-order chi connectivity index (χ1) is 8.49. The van der Waals surface area contributed by atoms with Crippen LogP contribution < -0.4 is 17.2 Å². The Balaban J connectivity index is 2.37. The Kier molecular flexibility index (Phi) is 3.66. The molecule has 3 nitrogen and oxygen atoms in total. The van der Waals surface area contributed by atoms with Gasteiger partial charge in [0.05, 0.1) is 27.5 Å². The highest BCUT2D eigenvalue weighted by atomic mass is 35.5. The Labute approximate surface area is 115 Å². The summed E-state index contributed by atoms with van der Waals surface area (Å²) < 4.78 is 0. The second-order valence-corrected chi connectivity index (χ2v) is 4.85. The molecule has 0 aliphatic carbocycles. The van der Waals surface area contributed by atoms with Crippen LogP contribution in [0.25, 0.3) is 0 Å². The average Bonchev–Trinajstić information content (AvgIpc) is 2.35. The minimum Gasteiger partial charge on any atom is -0.398 e. The van der Waals surface area contributed by atoms with Crippen LogP contribution in [0.15, 0.2) is 36.4 Å². The molecule has 0 saturated heterocycles. The average molecular weight is 282 g/mol. The van der Waals surface area contributed by atoms with E-state index in [1.54, 1.807) is 24.3 Å². The largest absolute Gasteiger partial charge is 0.398 e. The van der Waals surface area contributed by atoms with Crippen LogP contribution in [0.1, 0.15) is 17.2 Å². The number of halogens is 2. The summed E-state index contributed by atoms with van der Waals surface area (Å²) in [7, 11) is 0. The van der Waals surface area contributed by atoms with Gasteiger partial charge < -0.3 is 17.2 Å². The lowest BCUT2D eigenvalue weighted by molar-refractivity contribution is 0.872. The first-order valence-electron chi connectivity index (χ1n) is 5.34. The third-order valence-electron chi connectivity index (χ3n) is 2.77. The van der Waals surface area contributed by atoms with Crippen molar-refractivity contribution in [3.8, 4) is 0 Å². The van der Waals surface area contributed by atoms with Gasteiger partial charge >= 0.3 is 0 Å². The van der Waals surface area contributed by atoms with Gasteiger partial charge in [0.1, 0.15) is 0 Å². The molecule has 0 aromatic heterocycles. The molecule has 94 valence electrons. The third-order valence-corrected chi connectivity index (χ3v) is 3.42. The summed E-state index contributed by atoms with van der Waals surface area (Å²) in [6.07, 6.45) is 0. The molecule has 0 unspecified atom stereocenters. The van der Waals surface area contributed by atoms with Gasteiger partial charge in [0, 0.05) is 0 Å². The lowest BCUT2D eigenvalue weighted by Gasteiger charge is -2.14. The van der Waals surface area contributed by atoms with E-state index in [1.807, 2.05) is 12.1 Å². The van der Waals surface area contributed by atoms with Crippen LogP contribution in [0.2, 0.25) is 10.0 Å². The maximum absolute atomic E-state index is 6.16. The molecule has 0 heterocycles. The summed E-state index contributed by atoms with van der Waals surface area (Å²) in [5.74, 6) is 0. The van der Waals surface area contributed by atoms with E-state index in [1.165, 1.54) is 0 Å². The van der Waals surface area contributed by atoms with Crippen molar-refractivity contribution in [3.63, 3.8) is 0 Å². The second kappa shape index (κ2) is 5.06. The number of hydrogen-bond acceptors (Lipinski definition) is 3. The lowest BCUT2D eigenvalue weighted by atomic mass is 9.99. The molecule has 18 heavy (non-hydrogen) atoms. The van der Waals surface area contributed by atoms with E-state index < -0.39 is 0 Å². The molecule has 0 aliphatic heterocycles. The SMILES string of the molecule is Nc1ccc(C(N)c2ccc(N)c(Cl)c2)cc1Cl. The van der Waals surface area contributed by atoms with Gasteiger partial charge in [0.2, 0.25) is 0 Å². The van der Waals surface area contributed by atoms with Gasteiger partial charge in [-0.05, 0) is 35.4 Å². The minimum absolute atomic E-state index is 0.318. The fourth-order valence-corrected chi connectivity index (χ4v) is 2.04. The monoisotopic (exact) mass is 281 g/mol. The van der Waals surface area contributed by atoms with Gasteiger partial charge in [-0.1, -0.05) is 35.3 Å². The molecule has 2 aromatic rings. The molecule has 0 fully saturated rings. The molecule has 0 atom stereocenters. The van der Waals surface area contributed by atoms with Crippen molar-refractivity contribution >= 4 is 34.6 Å². The van der Waals surface area contributed by atoms with E-state index in [0.717, 1.165) is 11.1 Å². The lowest BCUT2D eigenvalue weighted by Crippen LogP contribution is -2.12. The minimum atomic E-state index is -0.318. The number of benzene rings is 2. The fourth-order valence-electron chi connectivity index (χ4n) is 1.67. The topological polar surface area (TPSA) is 78.1 Å². The fraction of sp³-hybridized carbons (Fsp3) is 0.0769. The van der Waals surface area contributed by atoms with Gasteiger partial charge in [-0.3, -0.25) is 0 Å². The Hall–Kier alpha value is -1.42. The van der Waals surface area contributed by atoms with Crippen molar-refractivity contribution in [1.29, 1.82) is 0 Å². The van der Waals surface area contributed by atoms with E-state index in [4.69, 9.17) is 40.4 Å². The van der Waals surface area contributed by atoms with E-state index >= 15 is 0 Å². The first kappa shape index (κ1) is 13.0. The maximum atomic E-state index is 6.16. The van der Waals surface area contributed by atoms with E-state index in [9.17, 15) is 0 Å². The molecule has 0 bridgehead atoms. The van der Waals surface area contributed by atoms with E-state index in [0.29, 0.717) is 21.4 Å². The van der Waals surface area contributed by atoms with E-state index in [2.05, 4.69) is 0 Å². The molecule has 0 saturated carbocycles. The van der Waals surface area contributed by atoms with Crippen molar-refractivity contribution in [2.75, 3.05) is 11.5 Å². The van der Waals surface area contributed by atoms with Crippen LogP contribution in [0.4, 0.5) is 11.4 Å². The zero-order chi connectivity index (χ0) is 13.3. The Morgan fingerprint density at radius 2 is 1.17 bits per heavy atom. The van der Waals surface area contributed by atoms with Crippen molar-refractivity contribution in [3.05, 3.63) is 57.6 Å². The van der Waals surface area contributed by atoms with Crippen molar-refractivity contribution < 1.29 is 0 Å². The molecule has 0 aliphatic rings. The van der Waals surface area contributed by atoms with Gasteiger partial charge in [-0.25, -0.2) is 0 Å². The summed E-state index contributed by atoms with van der Waals surface area (Å²) in [4.78, 5) is 0. The normalized spacial score (nSPS) is 10.9. The van der Waals surface area contributed by atoms with Crippen molar-refractivity contribution in [1.82, 2.24) is 0 Å². The Morgan fingerprint density at radius 1 is 0.778 bits per heavy atom. The van der Waals surface area contributed by atoms with E-state index in [-0.39, 0.29) is 6.04 Å². The number of nitrogens with two attached hydrogens (primary N) is 3. The standard InChI is InChI=1S/C13H13Cl2N3/c14-9-5-7(1-3-11(9)16)13(18)8-2-4-12(17)10(15)6-8/h1-6,13H,16-18H2. The van der Waals surface area contributed by atoms with Crippen LogP contribution in [-0.4, -0.2) is 0 Å². The predicted molar refractivity (Wildman–Crippen MR) is 77.8 cm³/mol. The number of anilines is 2. The summed E-state index contributed by atoms with van der Waals surface area (Å²) in [6.45, 7) is 0. The molecule has 2 rings (SSSR count). The molecule has 0 radical (unpaired) electrons. The predicted octanol–water partition coefficient (Wildman–Crippen LogP) is 3.21. The van der Waals surface area contributed by atoms with Gasteiger partial charge in [-0.15, -0.1) is 0 Å². The molecular formula is C13H13Cl2N3. The summed E-state index contributed by atoms with van der Waals surface area (Å²) in [5, 5.41) is 0.981. The van der Waals surface area contributed by atoms with Crippen LogP contribution >= 0.6 is 23.2 Å². The third kappa shape index (κ3) is 2.53. The molecule has 0 amide bonds.